The quantitative estimate of drug-likeness (QED) is 0.496. The Hall–Kier alpha value is -1.92. The van der Waals surface area contributed by atoms with Gasteiger partial charge in [-0.15, -0.1) is 23.5 Å². The molecule has 2 aromatic rings. The van der Waals surface area contributed by atoms with E-state index in [0.29, 0.717) is 24.6 Å². The van der Waals surface area contributed by atoms with Crippen LogP contribution in [0, 0.1) is 0 Å². The highest BCUT2D eigenvalue weighted by Crippen LogP contribution is 2.11. The lowest BCUT2D eigenvalue weighted by molar-refractivity contribution is -0.119. The van der Waals surface area contributed by atoms with E-state index in [-0.39, 0.29) is 11.8 Å². The molecule has 25 heavy (non-hydrogen) atoms. The Morgan fingerprint density at radius 3 is 1.48 bits per heavy atom. The Kier molecular flexibility index (Phi) is 9.01. The first-order chi connectivity index (χ1) is 12.2. The van der Waals surface area contributed by atoms with Crippen molar-refractivity contribution in [2.24, 2.45) is 0 Å². The molecule has 132 valence electrons. The van der Waals surface area contributed by atoms with Gasteiger partial charge >= 0.3 is 0 Å². The van der Waals surface area contributed by atoms with Crippen LogP contribution in [0.2, 0.25) is 0 Å². The molecule has 0 radical (unpaired) electrons. The van der Waals surface area contributed by atoms with Crippen LogP contribution in [0.5, 0.6) is 0 Å². The van der Waals surface area contributed by atoms with Crippen molar-refractivity contribution in [2.45, 2.75) is 13.1 Å². The maximum absolute atomic E-state index is 11.8. The number of rotatable bonds is 10. The molecule has 2 rings (SSSR count). The van der Waals surface area contributed by atoms with Crippen molar-refractivity contribution in [1.82, 2.24) is 10.6 Å². The summed E-state index contributed by atoms with van der Waals surface area (Å²) >= 11 is 3.05. The first-order valence-electron chi connectivity index (χ1n) is 8.01. The van der Waals surface area contributed by atoms with Crippen LogP contribution >= 0.6 is 23.5 Å². The van der Waals surface area contributed by atoms with Gasteiger partial charge in [0, 0.05) is 18.2 Å². The topological polar surface area (TPSA) is 58.2 Å². The molecule has 0 aliphatic carbocycles. The minimum Gasteiger partial charge on any atom is -0.351 e. The third-order valence-electron chi connectivity index (χ3n) is 3.30. The fourth-order valence-corrected chi connectivity index (χ4v) is 3.74. The highest BCUT2D eigenvalue weighted by Gasteiger charge is 2.04. The molecule has 2 N–H and O–H groups in total. The van der Waals surface area contributed by atoms with E-state index in [0.717, 1.165) is 16.2 Å². The smallest absolute Gasteiger partial charge is 0.230 e. The zero-order valence-corrected chi connectivity index (χ0v) is 15.6. The van der Waals surface area contributed by atoms with E-state index >= 15 is 0 Å². The summed E-state index contributed by atoms with van der Waals surface area (Å²) in [6, 6.07) is 19.7. The van der Waals surface area contributed by atoms with Crippen LogP contribution in [0.15, 0.2) is 60.7 Å². The number of benzene rings is 2. The van der Waals surface area contributed by atoms with Crippen molar-refractivity contribution in [3.8, 4) is 0 Å². The highest BCUT2D eigenvalue weighted by atomic mass is 32.2. The molecule has 0 atom stereocenters. The average Bonchev–Trinajstić information content (AvgIpc) is 2.66. The summed E-state index contributed by atoms with van der Waals surface area (Å²) in [5.41, 5.74) is 2.18. The van der Waals surface area contributed by atoms with Crippen molar-refractivity contribution in [3.63, 3.8) is 0 Å². The Morgan fingerprint density at radius 2 is 1.08 bits per heavy atom. The molecule has 0 bridgehead atoms. The number of amides is 2. The Morgan fingerprint density at radius 1 is 0.680 bits per heavy atom. The molecule has 0 aromatic heterocycles. The molecule has 2 amide bonds. The number of hydrogen-bond acceptors (Lipinski definition) is 4. The van der Waals surface area contributed by atoms with Gasteiger partial charge in [-0.2, -0.15) is 0 Å². The van der Waals surface area contributed by atoms with Gasteiger partial charge in [-0.05, 0) is 11.1 Å². The second-order valence-corrected chi connectivity index (χ2v) is 7.68. The van der Waals surface area contributed by atoms with Crippen LogP contribution in [0.25, 0.3) is 0 Å². The minimum atomic E-state index is 0.0167. The number of hydrogen-bond donors (Lipinski definition) is 2. The SMILES string of the molecule is O=C(CSCSCC(=O)NCc1ccccc1)NCc1ccccc1. The molecule has 4 nitrogen and oxygen atoms in total. The van der Waals surface area contributed by atoms with E-state index in [1.54, 1.807) is 0 Å². The number of carbonyl (C=O) groups is 2. The van der Waals surface area contributed by atoms with E-state index in [2.05, 4.69) is 10.6 Å². The largest absolute Gasteiger partial charge is 0.351 e. The lowest BCUT2D eigenvalue weighted by Gasteiger charge is -2.06. The van der Waals surface area contributed by atoms with Crippen LogP contribution < -0.4 is 10.6 Å². The second kappa shape index (κ2) is 11.6. The molecule has 2 aromatic carbocycles. The second-order valence-electron chi connectivity index (χ2n) is 5.34. The summed E-state index contributed by atoms with van der Waals surface area (Å²) in [6.07, 6.45) is 0. The standard InChI is InChI=1S/C19H22N2O2S2/c22-18(20-11-16-7-3-1-4-8-16)13-24-15-25-14-19(23)21-12-17-9-5-2-6-10-17/h1-10H,11-15H2,(H,20,22)(H,21,23). The Labute approximate surface area is 157 Å². The predicted molar refractivity (Wildman–Crippen MR) is 106 cm³/mol. The maximum atomic E-state index is 11.8. The van der Waals surface area contributed by atoms with Gasteiger partial charge in [0.05, 0.1) is 11.5 Å². The van der Waals surface area contributed by atoms with Gasteiger partial charge in [0.1, 0.15) is 0 Å². The van der Waals surface area contributed by atoms with Gasteiger partial charge in [-0.3, -0.25) is 9.59 Å². The summed E-state index contributed by atoms with van der Waals surface area (Å²) < 4.78 is 0. The van der Waals surface area contributed by atoms with Crippen molar-refractivity contribution in [2.75, 3.05) is 16.6 Å². The fraction of sp³-hybridized carbons (Fsp3) is 0.263. The zero-order valence-electron chi connectivity index (χ0n) is 13.9. The first-order valence-corrected chi connectivity index (χ1v) is 10.3. The van der Waals surface area contributed by atoms with Crippen LogP contribution in [-0.2, 0) is 22.7 Å². The number of carbonyl (C=O) groups excluding carboxylic acids is 2. The van der Waals surface area contributed by atoms with E-state index in [4.69, 9.17) is 0 Å². The summed E-state index contributed by atoms with van der Waals surface area (Å²) in [5, 5.41) is 6.50. The van der Waals surface area contributed by atoms with Gasteiger partial charge in [0.25, 0.3) is 0 Å². The van der Waals surface area contributed by atoms with E-state index in [1.165, 1.54) is 23.5 Å². The van der Waals surface area contributed by atoms with E-state index in [1.807, 2.05) is 60.7 Å². The lowest BCUT2D eigenvalue weighted by atomic mass is 10.2. The molecule has 0 aliphatic heterocycles. The maximum Gasteiger partial charge on any atom is 0.230 e. The van der Waals surface area contributed by atoms with Crippen LogP contribution in [-0.4, -0.2) is 28.4 Å². The molecule has 0 aliphatic rings. The van der Waals surface area contributed by atoms with E-state index in [9.17, 15) is 9.59 Å². The van der Waals surface area contributed by atoms with Gasteiger partial charge in [0.15, 0.2) is 0 Å². The average molecular weight is 375 g/mol. The van der Waals surface area contributed by atoms with Crippen LogP contribution in [0.1, 0.15) is 11.1 Å². The lowest BCUT2D eigenvalue weighted by Crippen LogP contribution is -2.25. The van der Waals surface area contributed by atoms with Crippen LogP contribution in [0.3, 0.4) is 0 Å². The van der Waals surface area contributed by atoms with Gasteiger partial charge in [0.2, 0.25) is 11.8 Å². The van der Waals surface area contributed by atoms with Crippen molar-refractivity contribution < 1.29 is 9.59 Å². The number of nitrogens with one attached hydrogen (secondary N) is 2. The first kappa shape index (κ1) is 19.4. The van der Waals surface area contributed by atoms with Crippen LogP contribution in [0.4, 0.5) is 0 Å². The van der Waals surface area contributed by atoms with Crippen molar-refractivity contribution in [1.29, 1.82) is 0 Å². The van der Waals surface area contributed by atoms with Gasteiger partial charge in [-0.1, -0.05) is 60.7 Å². The molecule has 0 saturated carbocycles. The minimum absolute atomic E-state index is 0.0167. The zero-order chi connectivity index (χ0) is 17.7. The molecule has 0 unspecified atom stereocenters. The van der Waals surface area contributed by atoms with Gasteiger partial charge in [-0.25, -0.2) is 0 Å². The monoisotopic (exact) mass is 374 g/mol. The predicted octanol–water partition coefficient (Wildman–Crippen LogP) is 3.04. The highest BCUT2D eigenvalue weighted by molar-refractivity contribution is 8.16. The Balaban J connectivity index is 1.48. The molecular formula is C19H22N2O2S2. The van der Waals surface area contributed by atoms with Crippen molar-refractivity contribution >= 4 is 35.3 Å². The third kappa shape index (κ3) is 8.65. The summed E-state index contributed by atoms with van der Waals surface area (Å²) in [6.45, 7) is 1.10. The summed E-state index contributed by atoms with van der Waals surface area (Å²) in [5.74, 6) is 0.850. The normalized spacial score (nSPS) is 10.2. The summed E-state index contributed by atoms with van der Waals surface area (Å²) in [7, 11) is 0. The molecule has 0 heterocycles. The molecule has 0 spiro atoms. The van der Waals surface area contributed by atoms with E-state index < -0.39 is 0 Å². The third-order valence-corrected chi connectivity index (χ3v) is 5.56. The fourth-order valence-electron chi connectivity index (χ4n) is 2.02. The number of thioether (sulfide) groups is 2. The molecule has 0 saturated heterocycles. The van der Waals surface area contributed by atoms with Gasteiger partial charge < -0.3 is 10.6 Å². The summed E-state index contributed by atoms with van der Waals surface area (Å²) in [4.78, 5) is 23.5. The van der Waals surface area contributed by atoms with Crippen molar-refractivity contribution in [3.05, 3.63) is 71.8 Å². The molecule has 6 heteroatoms. The molecular weight excluding hydrogens is 352 g/mol. The Bertz CT molecular complexity index is 593. The molecule has 0 fully saturated rings.